The van der Waals surface area contributed by atoms with Crippen LogP contribution >= 0.6 is 0 Å². The zero-order valence-corrected chi connectivity index (χ0v) is 8.78. The van der Waals surface area contributed by atoms with E-state index >= 15 is 0 Å². The maximum atomic E-state index is 12.9. The Morgan fingerprint density at radius 2 is 1.89 bits per heavy atom. The van der Waals surface area contributed by atoms with Crippen molar-refractivity contribution in [2.24, 2.45) is 5.92 Å². The van der Waals surface area contributed by atoms with Gasteiger partial charge in [-0.3, -0.25) is 4.79 Å². The number of halogens is 4. The van der Waals surface area contributed by atoms with Gasteiger partial charge in [-0.05, 0) is 17.7 Å². The minimum absolute atomic E-state index is 0.102. The van der Waals surface area contributed by atoms with E-state index in [1.807, 2.05) is 0 Å². The summed E-state index contributed by atoms with van der Waals surface area (Å²) in [6.07, 6.45) is -9.79. The van der Waals surface area contributed by atoms with Crippen LogP contribution < -0.4 is 0 Å². The van der Waals surface area contributed by atoms with E-state index in [0.29, 0.717) is 0 Å². The van der Waals surface area contributed by atoms with E-state index < -0.39 is 35.9 Å². The van der Waals surface area contributed by atoms with E-state index in [2.05, 4.69) is 0 Å². The molecule has 0 fully saturated rings. The second-order valence-corrected chi connectivity index (χ2v) is 4.05. The van der Waals surface area contributed by atoms with Crippen molar-refractivity contribution >= 4 is 5.78 Å². The molecule has 0 bridgehead atoms. The summed E-state index contributed by atoms with van der Waals surface area (Å²) in [7, 11) is 0. The number of Topliss-reactive ketones (excluding diaryl/α,β-unsaturated/α-hetero) is 1. The predicted octanol–water partition coefficient (Wildman–Crippen LogP) is 1.59. The fraction of sp³-hybridized carbons (Fsp3) is 0.364. The van der Waals surface area contributed by atoms with Crippen LogP contribution in [0.4, 0.5) is 17.6 Å². The van der Waals surface area contributed by atoms with Crippen LogP contribution in [0.3, 0.4) is 0 Å². The number of hydrogen-bond donors (Lipinski definition) is 2. The number of carbonyl (C=O) groups is 1. The number of aliphatic hydroxyl groups excluding tert-OH is 2. The van der Waals surface area contributed by atoms with Gasteiger partial charge in [-0.15, -0.1) is 0 Å². The molecule has 0 aromatic heterocycles. The van der Waals surface area contributed by atoms with E-state index in [1.54, 1.807) is 0 Å². The summed E-state index contributed by atoms with van der Waals surface area (Å²) in [6, 6.07) is 2.72. The molecule has 0 radical (unpaired) electrons. The van der Waals surface area contributed by atoms with Gasteiger partial charge in [-0.1, -0.05) is 6.07 Å². The van der Waals surface area contributed by atoms with Crippen molar-refractivity contribution in [1.29, 1.82) is 0 Å². The van der Waals surface area contributed by atoms with Crippen molar-refractivity contribution < 1.29 is 32.6 Å². The van der Waals surface area contributed by atoms with E-state index in [1.165, 1.54) is 0 Å². The van der Waals surface area contributed by atoms with Crippen LogP contribution in [0.15, 0.2) is 18.2 Å². The number of hydrogen-bond acceptors (Lipinski definition) is 3. The molecule has 1 aromatic rings. The molecular formula is C11H8F4O3. The first-order valence-electron chi connectivity index (χ1n) is 5.00. The third-order valence-electron chi connectivity index (χ3n) is 2.92. The Kier molecular flexibility index (Phi) is 2.90. The molecule has 1 aliphatic rings. The normalized spacial score (nSPS) is 25.1. The van der Waals surface area contributed by atoms with E-state index in [0.717, 1.165) is 18.2 Å². The van der Waals surface area contributed by atoms with Gasteiger partial charge in [-0.25, -0.2) is 4.39 Å². The maximum absolute atomic E-state index is 12.9. The zero-order valence-electron chi connectivity index (χ0n) is 8.78. The van der Waals surface area contributed by atoms with Gasteiger partial charge in [-0.2, -0.15) is 13.2 Å². The Labute approximate surface area is 98.7 Å². The standard InChI is InChI=1S/C11H8F4O3/c12-4-1-2-5-6(3-4)9(17)7(8(5)16)10(18)11(13,14)15/h1-3,7-8,10,16,18H. The van der Waals surface area contributed by atoms with Crippen LogP contribution in [-0.2, 0) is 0 Å². The van der Waals surface area contributed by atoms with Crippen LogP contribution in [0.2, 0.25) is 0 Å². The Hall–Kier alpha value is -1.47. The second kappa shape index (κ2) is 4.03. The smallest absolute Gasteiger partial charge is 0.388 e. The molecule has 2 rings (SSSR count). The summed E-state index contributed by atoms with van der Waals surface area (Å²) in [5, 5.41) is 18.7. The molecule has 7 heteroatoms. The lowest BCUT2D eigenvalue weighted by Crippen LogP contribution is -2.40. The number of benzene rings is 1. The molecule has 3 unspecified atom stereocenters. The summed E-state index contributed by atoms with van der Waals surface area (Å²) in [6.45, 7) is 0. The quantitative estimate of drug-likeness (QED) is 0.757. The number of carbonyl (C=O) groups excluding carboxylic acids is 1. The zero-order chi connectivity index (χ0) is 13.7. The summed E-state index contributed by atoms with van der Waals surface area (Å²) < 4.78 is 50.0. The SMILES string of the molecule is O=C1c2cc(F)ccc2C(O)C1C(O)C(F)(F)F. The average molecular weight is 264 g/mol. The van der Waals surface area contributed by atoms with E-state index in [9.17, 15) is 27.5 Å². The highest BCUT2D eigenvalue weighted by molar-refractivity contribution is 6.03. The summed E-state index contributed by atoms with van der Waals surface area (Å²) in [4.78, 5) is 11.7. The van der Waals surface area contributed by atoms with Crippen LogP contribution in [0.5, 0.6) is 0 Å². The van der Waals surface area contributed by atoms with Crippen LogP contribution in [0, 0.1) is 11.7 Å². The number of rotatable bonds is 1. The summed E-state index contributed by atoms with van der Waals surface area (Å²) in [5.74, 6) is -3.94. The molecular weight excluding hydrogens is 256 g/mol. The topological polar surface area (TPSA) is 57.5 Å². The molecule has 1 aliphatic carbocycles. The lowest BCUT2D eigenvalue weighted by molar-refractivity contribution is -0.221. The molecule has 2 N–H and O–H groups in total. The van der Waals surface area contributed by atoms with E-state index in [4.69, 9.17) is 5.11 Å². The fourth-order valence-electron chi connectivity index (χ4n) is 2.04. The molecule has 3 atom stereocenters. The molecule has 0 heterocycles. The molecule has 0 saturated carbocycles. The van der Waals surface area contributed by atoms with E-state index in [-0.39, 0.29) is 11.1 Å². The van der Waals surface area contributed by atoms with Gasteiger partial charge >= 0.3 is 6.18 Å². The monoisotopic (exact) mass is 264 g/mol. The van der Waals surface area contributed by atoms with Gasteiger partial charge in [0, 0.05) is 5.56 Å². The van der Waals surface area contributed by atoms with Crippen LogP contribution in [-0.4, -0.2) is 28.3 Å². The molecule has 0 aliphatic heterocycles. The van der Waals surface area contributed by atoms with Gasteiger partial charge in [0.2, 0.25) is 0 Å². The number of aliphatic hydroxyl groups is 2. The highest BCUT2D eigenvalue weighted by Gasteiger charge is 2.53. The van der Waals surface area contributed by atoms with Crippen molar-refractivity contribution in [2.45, 2.75) is 18.4 Å². The van der Waals surface area contributed by atoms with Gasteiger partial charge in [0.15, 0.2) is 11.9 Å². The second-order valence-electron chi connectivity index (χ2n) is 4.05. The number of alkyl halides is 3. The van der Waals surface area contributed by atoms with Gasteiger partial charge in [0.1, 0.15) is 5.82 Å². The molecule has 0 amide bonds. The van der Waals surface area contributed by atoms with Crippen molar-refractivity contribution in [2.75, 3.05) is 0 Å². The first kappa shape index (κ1) is 13.0. The van der Waals surface area contributed by atoms with Gasteiger partial charge in [0.25, 0.3) is 0 Å². The first-order chi connectivity index (χ1) is 8.23. The molecule has 98 valence electrons. The Morgan fingerprint density at radius 1 is 1.28 bits per heavy atom. The minimum Gasteiger partial charge on any atom is -0.388 e. The highest BCUT2D eigenvalue weighted by atomic mass is 19.4. The highest BCUT2D eigenvalue weighted by Crippen LogP contribution is 2.42. The van der Waals surface area contributed by atoms with Crippen molar-refractivity contribution in [3.05, 3.63) is 35.1 Å². The van der Waals surface area contributed by atoms with Crippen LogP contribution in [0.1, 0.15) is 22.0 Å². The number of fused-ring (bicyclic) bond motifs is 1. The Bertz CT molecular complexity index is 498. The molecule has 1 aromatic carbocycles. The third-order valence-corrected chi connectivity index (χ3v) is 2.92. The molecule has 18 heavy (non-hydrogen) atoms. The average Bonchev–Trinajstić information content (AvgIpc) is 2.49. The van der Waals surface area contributed by atoms with Crippen molar-refractivity contribution in [1.82, 2.24) is 0 Å². The molecule has 3 nitrogen and oxygen atoms in total. The van der Waals surface area contributed by atoms with Crippen molar-refractivity contribution in [3.8, 4) is 0 Å². The first-order valence-corrected chi connectivity index (χ1v) is 5.00. The van der Waals surface area contributed by atoms with Crippen molar-refractivity contribution in [3.63, 3.8) is 0 Å². The summed E-state index contributed by atoms with van der Waals surface area (Å²) >= 11 is 0. The molecule has 0 saturated heterocycles. The summed E-state index contributed by atoms with van der Waals surface area (Å²) in [5.41, 5.74) is -0.425. The minimum atomic E-state index is -5.03. The predicted molar refractivity (Wildman–Crippen MR) is 51.2 cm³/mol. The van der Waals surface area contributed by atoms with Gasteiger partial charge < -0.3 is 10.2 Å². The maximum Gasteiger partial charge on any atom is 0.415 e. The lowest BCUT2D eigenvalue weighted by atomic mass is 9.95. The lowest BCUT2D eigenvalue weighted by Gasteiger charge is -2.22. The largest absolute Gasteiger partial charge is 0.415 e. The number of ketones is 1. The molecule has 0 spiro atoms. The van der Waals surface area contributed by atoms with Crippen LogP contribution in [0.25, 0.3) is 0 Å². The third kappa shape index (κ3) is 1.89. The van der Waals surface area contributed by atoms with Gasteiger partial charge in [0.05, 0.1) is 12.0 Å². The Morgan fingerprint density at radius 3 is 2.44 bits per heavy atom. The fourth-order valence-corrected chi connectivity index (χ4v) is 2.04. The Balaban J connectivity index is 2.43.